The molecule has 25 heavy (non-hydrogen) atoms. The molecule has 0 bridgehead atoms. The average molecular weight is 396 g/mol. The maximum absolute atomic E-state index is 12.6. The van der Waals surface area contributed by atoms with Crippen molar-refractivity contribution >= 4 is 20.0 Å². The maximum atomic E-state index is 12.6. The van der Waals surface area contributed by atoms with Crippen molar-refractivity contribution in [3.05, 3.63) is 36.3 Å². The van der Waals surface area contributed by atoms with E-state index in [1.165, 1.54) is 16.4 Å². The van der Waals surface area contributed by atoms with E-state index in [-0.39, 0.29) is 36.2 Å². The van der Waals surface area contributed by atoms with Gasteiger partial charge >= 0.3 is 6.61 Å². The normalized spacial score (nSPS) is 19.2. The Morgan fingerprint density at radius 1 is 1.28 bits per heavy atom. The summed E-state index contributed by atoms with van der Waals surface area (Å²) in [4.78, 5) is -0.0403. The molecule has 7 nitrogen and oxygen atoms in total. The number of halogens is 2. The number of nitrogens with zero attached hydrogens (tertiary/aromatic N) is 1. The smallest absolute Gasteiger partial charge is 0.387 e. The van der Waals surface area contributed by atoms with Crippen LogP contribution in [0.1, 0.15) is 6.42 Å². The topological polar surface area (TPSA) is 92.8 Å². The highest BCUT2D eigenvalue weighted by molar-refractivity contribution is 7.92. The van der Waals surface area contributed by atoms with Crippen LogP contribution in [0, 0.1) is 5.92 Å². The molecule has 1 fully saturated rings. The molecule has 2 rings (SSSR count). The molecule has 11 heteroatoms. The Morgan fingerprint density at radius 2 is 1.92 bits per heavy atom. The standard InChI is InChI=1S/C14H18F2N2O5S2/c1-2-24(19,20)17-9-11-7-8-18(10-11)25(21,22)13-5-3-12(4-6-13)23-14(15)16/h2-6,11,14,17H,1,7-10H2/t11-/m1/s1. The Balaban J connectivity index is 2.02. The van der Waals surface area contributed by atoms with Crippen molar-refractivity contribution in [2.45, 2.75) is 17.9 Å². The van der Waals surface area contributed by atoms with Crippen LogP contribution in [-0.2, 0) is 20.0 Å². The van der Waals surface area contributed by atoms with E-state index in [2.05, 4.69) is 16.0 Å². The molecule has 0 amide bonds. The Hall–Kier alpha value is -1.56. The molecule has 0 aliphatic carbocycles. The second-order valence-electron chi connectivity index (χ2n) is 5.43. The second-order valence-corrected chi connectivity index (χ2v) is 9.08. The first-order valence-electron chi connectivity index (χ1n) is 7.31. The summed E-state index contributed by atoms with van der Waals surface area (Å²) in [5.74, 6) is -0.293. The van der Waals surface area contributed by atoms with Crippen molar-refractivity contribution in [3.63, 3.8) is 0 Å². The number of nitrogens with one attached hydrogen (secondary N) is 1. The van der Waals surface area contributed by atoms with Crippen molar-refractivity contribution < 1.29 is 30.4 Å². The van der Waals surface area contributed by atoms with Crippen molar-refractivity contribution in [1.82, 2.24) is 9.03 Å². The highest BCUT2D eigenvalue weighted by Crippen LogP contribution is 2.26. The molecule has 1 aliphatic heterocycles. The Morgan fingerprint density at radius 3 is 2.48 bits per heavy atom. The largest absolute Gasteiger partial charge is 0.435 e. The van der Waals surface area contributed by atoms with Gasteiger partial charge in [0.2, 0.25) is 20.0 Å². The van der Waals surface area contributed by atoms with Crippen molar-refractivity contribution in [2.75, 3.05) is 19.6 Å². The fraction of sp³-hybridized carbons (Fsp3) is 0.429. The van der Waals surface area contributed by atoms with Gasteiger partial charge < -0.3 is 4.74 Å². The van der Waals surface area contributed by atoms with Crippen molar-refractivity contribution in [3.8, 4) is 5.75 Å². The minimum atomic E-state index is -3.78. The molecule has 1 atom stereocenters. The van der Waals surface area contributed by atoms with Gasteiger partial charge in [-0.15, -0.1) is 0 Å². The molecule has 0 radical (unpaired) electrons. The highest BCUT2D eigenvalue weighted by atomic mass is 32.2. The summed E-state index contributed by atoms with van der Waals surface area (Å²) in [7, 11) is -7.34. The monoisotopic (exact) mass is 396 g/mol. The molecule has 0 spiro atoms. The third kappa shape index (κ3) is 5.21. The second kappa shape index (κ2) is 7.77. The van der Waals surface area contributed by atoms with Gasteiger partial charge in [-0.3, -0.25) is 0 Å². The molecule has 1 aromatic carbocycles. The van der Waals surface area contributed by atoms with E-state index >= 15 is 0 Å². The Bertz CT molecular complexity index is 810. The molecule has 1 aromatic rings. The van der Waals surface area contributed by atoms with Gasteiger partial charge in [-0.2, -0.15) is 13.1 Å². The van der Waals surface area contributed by atoms with Crippen LogP contribution in [0.5, 0.6) is 5.75 Å². The number of hydrogen-bond acceptors (Lipinski definition) is 5. The highest BCUT2D eigenvalue weighted by Gasteiger charge is 2.32. The predicted molar refractivity (Wildman–Crippen MR) is 87.1 cm³/mol. The molecule has 1 N–H and O–H groups in total. The molecule has 1 aliphatic rings. The Kier molecular flexibility index (Phi) is 6.14. The van der Waals surface area contributed by atoms with Crippen LogP contribution in [0.15, 0.2) is 41.1 Å². The van der Waals surface area contributed by atoms with E-state index in [0.29, 0.717) is 6.42 Å². The number of benzene rings is 1. The zero-order chi connectivity index (χ0) is 18.7. The summed E-state index contributed by atoms with van der Waals surface area (Å²) < 4.78 is 79.8. The average Bonchev–Trinajstić information content (AvgIpc) is 3.03. The summed E-state index contributed by atoms with van der Waals surface area (Å²) in [5, 5.41) is 0.791. The first-order valence-corrected chi connectivity index (χ1v) is 10.3. The van der Waals surface area contributed by atoms with Crippen LogP contribution in [0.2, 0.25) is 0 Å². The molecule has 140 valence electrons. The number of alkyl halides is 2. The SMILES string of the molecule is C=CS(=O)(=O)NC[C@H]1CCN(S(=O)(=O)c2ccc(OC(F)F)cc2)C1. The molecule has 0 unspecified atom stereocenters. The van der Waals surface area contributed by atoms with Gasteiger partial charge in [0.1, 0.15) is 5.75 Å². The van der Waals surface area contributed by atoms with Gasteiger partial charge in [0.05, 0.1) is 4.90 Å². The summed E-state index contributed by atoms with van der Waals surface area (Å²) in [5.41, 5.74) is 0. The summed E-state index contributed by atoms with van der Waals surface area (Å²) >= 11 is 0. The fourth-order valence-electron chi connectivity index (χ4n) is 2.42. The van der Waals surface area contributed by atoms with Gasteiger partial charge in [0.25, 0.3) is 0 Å². The lowest BCUT2D eigenvalue weighted by atomic mass is 10.1. The van der Waals surface area contributed by atoms with Gasteiger partial charge in [-0.05, 0) is 36.6 Å². The molecule has 0 aromatic heterocycles. The Labute approximate surface area is 145 Å². The third-order valence-electron chi connectivity index (χ3n) is 3.73. The van der Waals surface area contributed by atoms with Gasteiger partial charge in [-0.25, -0.2) is 21.6 Å². The summed E-state index contributed by atoms with van der Waals surface area (Å²) in [6.45, 7) is 0.722. The van der Waals surface area contributed by atoms with Crippen LogP contribution in [0.4, 0.5) is 8.78 Å². The number of rotatable bonds is 8. The number of hydrogen-bond donors (Lipinski definition) is 1. The van der Waals surface area contributed by atoms with Gasteiger partial charge in [-0.1, -0.05) is 6.58 Å². The van der Waals surface area contributed by atoms with Crippen LogP contribution < -0.4 is 9.46 Å². The zero-order valence-corrected chi connectivity index (χ0v) is 14.8. The van der Waals surface area contributed by atoms with Crippen molar-refractivity contribution in [1.29, 1.82) is 0 Å². The third-order valence-corrected chi connectivity index (χ3v) is 6.62. The molecular weight excluding hydrogens is 378 g/mol. The summed E-state index contributed by atoms with van der Waals surface area (Å²) in [6, 6.07) is 4.71. The van der Waals surface area contributed by atoms with E-state index in [4.69, 9.17) is 0 Å². The fourth-order valence-corrected chi connectivity index (χ4v) is 4.53. The van der Waals surface area contributed by atoms with Gasteiger partial charge in [0, 0.05) is 25.0 Å². The first-order chi connectivity index (χ1) is 11.6. The van der Waals surface area contributed by atoms with Crippen molar-refractivity contribution in [2.24, 2.45) is 5.92 Å². The minimum Gasteiger partial charge on any atom is -0.435 e. The molecular formula is C14H18F2N2O5S2. The molecule has 0 saturated carbocycles. The molecule has 1 saturated heterocycles. The van der Waals surface area contributed by atoms with E-state index < -0.39 is 26.7 Å². The number of sulfonamides is 2. The van der Waals surface area contributed by atoms with Gasteiger partial charge in [0.15, 0.2) is 0 Å². The van der Waals surface area contributed by atoms with E-state index in [9.17, 15) is 25.6 Å². The van der Waals surface area contributed by atoms with Crippen LogP contribution in [-0.4, -0.2) is 47.4 Å². The zero-order valence-electron chi connectivity index (χ0n) is 13.1. The van der Waals surface area contributed by atoms with E-state index in [1.807, 2.05) is 0 Å². The lowest BCUT2D eigenvalue weighted by Crippen LogP contribution is -2.32. The first kappa shape index (κ1) is 19.8. The summed E-state index contributed by atoms with van der Waals surface area (Å²) in [6.07, 6.45) is 0.505. The quantitative estimate of drug-likeness (QED) is 0.716. The van der Waals surface area contributed by atoms with E-state index in [1.54, 1.807) is 0 Å². The van der Waals surface area contributed by atoms with E-state index in [0.717, 1.165) is 17.5 Å². The lowest BCUT2D eigenvalue weighted by molar-refractivity contribution is -0.0498. The molecule has 1 heterocycles. The predicted octanol–water partition coefficient (Wildman–Crippen LogP) is 1.36. The van der Waals surface area contributed by atoms with Crippen LogP contribution in [0.3, 0.4) is 0 Å². The number of ether oxygens (including phenoxy) is 1. The maximum Gasteiger partial charge on any atom is 0.387 e. The van der Waals surface area contributed by atoms with Crippen LogP contribution >= 0.6 is 0 Å². The minimum absolute atomic E-state index is 0.0403. The lowest BCUT2D eigenvalue weighted by Gasteiger charge is -2.17. The van der Waals surface area contributed by atoms with Crippen LogP contribution in [0.25, 0.3) is 0 Å².